The first-order chi connectivity index (χ1) is 13.2. The van der Waals surface area contributed by atoms with E-state index in [1.807, 2.05) is 54.6 Å². The van der Waals surface area contributed by atoms with E-state index in [1.165, 1.54) is 11.3 Å². The average Bonchev–Trinajstić information content (AvgIpc) is 3.18. The molecule has 6 nitrogen and oxygen atoms in total. The molecule has 1 heterocycles. The van der Waals surface area contributed by atoms with Gasteiger partial charge in [-0.1, -0.05) is 53.8 Å². The topological polar surface area (TPSA) is 81.2 Å². The van der Waals surface area contributed by atoms with Crippen LogP contribution in [0.1, 0.15) is 32.1 Å². The molecule has 0 saturated heterocycles. The van der Waals surface area contributed by atoms with Gasteiger partial charge in [0.2, 0.25) is 5.01 Å². The number of hydrogen-bond donors (Lipinski definition) is 1. The fourth-order valence-corrected chi connectivity index (χ4v) is 3.19. The van der Waals surface area contributed by atoms with Gasteiger partial charge in [0, 0.05) is 18.5 Å². The van der Waals surface area contributed by atoms with Crippen LogP contribution in [0, 0.1) is 0 Å². The predicted octanol–water partition coefficient (Wildman–Crippen LogP) is 3.35. The number of aromatic nitrogens is 2. The van der Waals surface area contributed by atoms with Crippen LogP contribution in [-0.4, -0.2) is 35.2 Å². The van der Waals surface area contributed by atoms with E-state index in [-0.39, 0.29) is 10.9 Å². The minimum Gasteiger partial charge on any atom is -0.461 e. The summed E-state index contributed by atoms with van der Waals surface area (Å²) in [5.74, 6) is -0.617. The highest BCUT2D eigenvalue weighted by atomic mass is 32.1. The SMILES string of the molecule is CCOC(=O)c1nnc(CCNC(=O)c2ccc(-c3ccccc3)cc2)s1. The van der Waals surface area contributed by atoms with Crippen LogP contribution >= 0.6 is 11.3 Å². The molecular formula is C20H19N3O3S. The van der Waals surface area contributed by atoms with Gasteiger partial charge in [-0.05, 0) is 30.2 Å². The number of benzene rings is 2. The highest BCUT2D eigenvalue weighted by molar-refractivity contribution is 7.13. The lowest BCUT2D eigenvalue weighted by Gasteiger charge is -2.06. The Balaban J connectivity index is 1.51. The zero-order valence-corrected chi connectivity index (χ0v) is 15.7. The molecule has 0 atom stereocenters. The van der Waals surface area contributed by atoms with Crippen LogP contribution in [0.2, 0.25) is 0 Å². The Morgan fingerprint density at radius 1 is 1.00 bits per heavy atom. The quantitative estimate of drug-likeness (QED) is 0.635. The number of nitrogens with zero attached hydrogens (tertiary/aromatic N) is 2. The van der Waals surface area contributed by atoms with Crippen molar-refractivity contribution in [3.05, 3.63) is 70.2 Å². The molecule has 7 heteroatoms. The third-order valence-corrected chi connectivity index (χ3v) is 4.76. The van der Waals surface area contributed by atoms with Gasteiger partial charge in [0.25, 0.3) is 5.91 Å². The van der Waals surface area contributed by atoms with Gasteiger partial charge in [-0.2, -0.15) is 0 Å². The van der Waals surface area contributed by atoms with Crippen LogP contribution in [-0.2, 0) is 11.2 Å². The molecule has 0 unspecified atom stereocenters. The lowest BCUT2D eigenvalue weighted by molar-refractivity contribution is 0.0525. The van der Waals surface area contributed by atoms with Gasteiger partial charge in [-0.15, -0.1) is 10.2 Å². The lowest BCUT2D eigenvalue weighted by atomic mass is 10.0. The summed E-state index contributed by atoms with van der Waals surface area (Å²) < 4.78 is 4.88. The Labute approximate surface area is 161 Å². The zero-order chi connectivity index (χ0) is 19.1. The molecule has 138 valence electrons. The first-order valence-corrected chi connectivity index (χ1v) is 9.42. The van der Waals surface area contributed by atoms with E-state index in [4.69, 9.17) is 4.74 Å². The lowest BCUT2D eigenvalue weighted by Crippen LogP contribution is -2.25. The largest absolute Gasteiger partial charge is 0.461 e. The van der Waals surface area contributed by atoms with Crippen LogP contribution < -0.4 is 5.32 Å². The van der Waals surface area contributed by atoms with Crippen molar-refractivity contribution in [1.29, 1.82) is 0 Å². The molecule has 3 aromatic rings. The van der Waals surface area contributed by atoms with E-state index in [0.717, 1.165) is 11.1 Å². The normalized spacial score (nSPS) is 10.4. The number of rotatable bonds is 7. The van der Waals surface area contributed by atoms with Gasteiger partial charge in [-0.3, -0.25) is 4.79 Å². The Hall–Kier alpha value is -3.06. The number of esters is 1. The molecule has 0 aliphatic rings. The number of carbonyl (C=O) groups is 2. The fourth-order valence-electron chi connectivity index (χ4n) is 2.46. The molecule has 3 rings (SSSR count). The predicted molar refractivity (Wildman–Crippen MR) is 104 cm³/mol. The molecule has 1 N–H and O–H groups in total. The summed E-state index contributed by atoms with van der Waals surface area (Å²) in [5, 5.41) is 11.5. The molecule has 0 aliphatic heterocycles. The van der Waals surface area contributed by atoms with Crippen molar-refractivity contribution in [2.24, 2.45) is 0 Å². The maximum atomic E-state index is 12.3. The Kier molecular flexibility index (Phi) is 6.27. The third kappa shape index (κ3) is 4.98. The Morgan fingerprint density at radius 3 is 2.41 bits per heavy atom. The highest BCUT2D eigenvalue weighted by Gasteiger charge is 2.14. The molecular weight excluding hydrogens is 362 g/mol. The van der Waals surface area contributed by atoms with E-state index in [1.54, 1.807) is 6.92 Å². The first kappa shape index (κ1) is 18.7. The second-order valence-corrected chi connectivity index (χ2v) is 6.73. The summed E-state index contributed by atoms with van der Waals surface area (Å²) in [6, 6.07) is 17.5. The summed E-state index contributed by atoms with van der Waals surface area (Å²) in [7, 11) is 0. The van der Waals surface area contributed by atoms with Gasteiger partial charge in [-0.25, -0.2) is 4.79 Å². The van der Waals surface area contributed by atoms with E-state index >= 15 is 0 Å². The van der Waals surface area contributed by atoms with E-state index in [2.05, 4.69) is 15.5 Å². The summed E-state index contributed by atoms with van der Waals surface area (Å²) in [4.78, 5) is 23.8. The number of carbonyl (C=O) groups excluding carboxylic acids is 2. The molecule has 0 fully saturated rings. The Morgan fingerprint density at radius 2 is 1.70 bits per heavy atom. The van der Waals surface area contributed by atoms with Crippen LogP contribution in [0.25, 0.3) is 11.1 Å². The summed E-state index contributed by atoms with van der Waals surface area (Å²) >= 11 is 1.18. The molecule has 0 saturated carbocycles. The number of nitrogens with one attached hydrogen (secondary N) is 1. The van der Waals surface area contributed by atoms with Crippen molar-refractivity contribution < 1.29 is 14.3 Å². The van der Waals surface area contributed by atoms with Crippen molar-refractivity contribution in [2.75, 3.05) is 13.2 Å². The van der Waals surface area contributed by atoms with Crippen molar-refractivity contribution in [2.45, 2.75) is 13.3 Å². The van der Waals surface area contributed by atoms with E-state index in [0.29, 0.717) is 30.1 Å². The van der Waals surface area contributed by atoms with Crippen molar-refractivity contribution in [1.82, 2.24) is 15.5 Å². The third-order valence-electron chi connectivity index (χ3n) is 3.80. The highest BCUT2D eigenvalue weighted by Crippen LogP contribution is 2.19. The van der Waals surface area contributed by atoms with Gasteiger partial charge in [0.1, 0.15) is 5.01 Å². The summed E-state index contributed by atoms with van der Waals surface area (Å²) in [5.41, 5.74) is 2.77. The van der Waals surface area contributed by atoms with Crippen LogP contribution in [0.3, 0.4) is 0 Å². The van der Waals surface area contributed by atoms with Gasteiger partial charge in [0.05, 0.1) is 6.61 Å². The van der Waals surface area contributed by atoms with Gasteiger partial charge >= 0.3 is 5.97 Å². The van der Waals surface area contributed by atoms with Crippen LogP contribution in [0.15, 0.2) is 54.6 Å². The van der Waals surface area contributed by atoms with Crippen molar-refractivity contribution in [3.8, 4) is 11.1 Å². The molecule has 27 heavy (non-hydrogen) atoms. The van der Waals surface area contributed by atoms with E-state index in [9.17, 15) is 9.59 Å². The zero-order valence-electron chi connectivity index (χ0n) is 14.8. The summed E-state index contributed by atoms with van der Waals surface area (Å²) in [6.07, 6.45) is 0.505. The second-order valence-electron chi connectivity index (χ2n) is 5.67. The monoisotopic (exact) mass is 381 g/mol. The minimum absolute atomic E-state index is 0.148. The molecule has 0 bridgehead atoms. The molecule has 0 spiro atoms. The van der Waals surface area contributed by atoms with Crippen LogP contribution in [0.4, 0.5) is 0 Å². The van der Waals surface area contributed by atoms with Crippen molar-refractivity contribution in [3.63, 3.8) is 0 Å². The molecule has 0 radical (unpaired) electrons. The smallest absolute Gasteiger partial charge is 0.369 e. The van der Waals surface area contributed by atoms with Crippen LogP contribution in [0.5, 0.6) is 0 Å². The number of ether oxygens (including phenoxy) is 1. The summed E-state index contributed by atoms with van der Waals surface area (Å²) in [6.45, 7) is 2.45. The average molecular weight is 381 g/mol. The maximum absolute atomic E-state index is 12.3. The Bertz CT molecular complexity index is 908. The number of amides is 1. The molecule has 1 amide bonds. The standard InChI is InChI=1S/C20H19N3O3S/c1-2-26-20(25)19-23-22-17(27-19)12-13-21-18(24)16-10-8-15(9-11-16)14-6-4-3-5-7-14/h3-11H,2,12-13H2,1H3,(H,21,24). The fraction of sp³-hybridized carbons (Fsp3) is 0.200. The molecule has 2 aromatic carbocycles. The molecule has 1 aromatic heterocycles. The van der Waals surface area contributed by atoms with Crippen molar-refractivity contribution >= 4 is 23.2 Å². The number of hydrogen-bond acceptors (Lipinski definition) is 6. The van der Waals surface area contributed by atoms with E-state index < -0.39 is 5.97 Å². The first-order valence-electron chi connectivity index (χ1n) is 8.60. The maximum Gasteiger partial charge on any atom is 0.369 e. The molecule has 0 aliphatic carbocycles. The second kappa shape index (κ2) is 9.05. The van der Waals surface area contributed by atoms with Gasteiger partial charge in [0.15, 0.2) is 0 Å². The van der Waals surface area contributed by atoms with Gasteiger partial charge < -0.3 is 10.1 Å². The minimum atomic E-state index is -0.469.